The molecular weight excluding hydrogens is 324 g/mol. The lowest BCUT2D eigenvalue weighted by atomic mass is 10.2. The predicted octanol–water partition coefficient (Wildman–Crippen LogP) is 0.853. The Morgan fingerprint density at radius 1 is 1.30 bits per heavy atom. The minimum absolute atomic E-state index is 0.0486. The third kappa shape index (κ3) is 5.62. The van der Waals surface area contributed by atoms with Crippen LogP contribution in [0.5, 0.6) is 0 Å². The average molecular weight is 344 g/mol. The molecule has 0 bridgehead atoms. The second-order valence-electron chi connectivity index (χ2n) is 4.73. The molecule has 1 amide bonds. The van der Waals surface area contributed by atoms with Crippen molar-refractivity contribution in [1.29, 1.82) is 0 Å². The number of sulfonamides is 1. The number of rotatable bonds is 9. The van der Waals surface area contributed by atoms with E-state index in [1.165, 1.54) is 38.4 Å². The maximum Gasteiger partial charge on any atom is 0.303 e. The van der Waals surface area contributed by atoms with Gasteiger partial charge in [-0.2, -0.15) is 0 Å². The van der Waals surface area contributed by atoms with Gasteiger partial charge in [-0.25, -0.2) is 8.42 Å². The summed E-state index contributed by atoms with van der Waals surface area (Å²) in [6, 6.07) is 5.60. The number of carbonyl (C=O) groups excluding carboxylic acids is 1. The van der Waals surface area contributed by atoms with Crippen molar-refractivity contribution in [2.24, 2.45) is 0 Å². The van der Waals surface area contributed by atoms with Crippen molar-refractivity contribution in [2.75, 3.05) is 20.7 Å². The number of carboxylic acids is 1. The van der Waals surface area contributed by atoms with Gasteiger partial charge in [-0.15, -0.1) is 0 Å². The van der Waals surface area contributed by atoms with E-state index >= 15 is 0 Å². The second kappa shape index (κ2) is 8.61. The lowest BCUT2D eigenvalue weighted by Crippen LogP contribution is -2.27. The van der Waals surface area contributed by atoms with E-state index < -0.39 is 21.9 Å². The summed E-state index contributed by atoms with van der Waals surface area (Å²) in [5, 5.41) is 11.1. The van der Waals surface area contributed by atoms with E-state index in [1.807, 2.05) is 0 Å². The Kier molecular flexibility index (Phi) is 7.14. The Morgan fingerprint density at radius 2 is 2.00 bits per heavy atom. The van der Waals surface area contributed by atoms with Crippen LogP contribution < -0.4 is 5.32 Å². The van der Waals surface area contributed by atoms with E-state index in [0.717, 1.165) is 0 Å². The molecule has 9 heteroatoms. The number of carbonyl (C=O) groups is 2. The SMILES string of the molecule is CON(C)S(=O)(=O)c1cccc(C(=O)NCCCCC(=O)O)c1. The first kappa shape index (κ1) is 19.1. The van der Waals surface area contributed by atoms with Crippen LogP contribution in [0.3, 0.4) is 0 Å². The number of nitrogens with zero attached hydrogens (tertiary/aromatic N) is 1. The lowest BCUT2D eigenvalue weighted by molar-refractivity contribution is -0.137. The minimum atomic E-state index is -3.82. The van der Waals surface area contributed by atoms with Gasteiger partial charge in [-0.1, -0.05) is 10.5 Å². The Balaban J connectivity index is 2.69. The van der Waals surface area contributed by atoms with E-state index in [9.17, 15) is 18.0 Å². The molecule has 128 valence electrons. The van der Waals surface area contributed by atoms with Crippen LogP contribution in [0.15, 0.2) is 29.2 Å². The highest BCUT2D eigenvalue weighted by molar-refractivity contribution is 7.89. The number of hydrogen-bond donors (Lipinski definition) is 2. The van der Waals surface area contributed by atoms with Gasteiger partial charge in [-0.05, 0) is 31.0 Å². The molecular formula is C14H20N2O6S. The standard InChI is InChI=1S/C14H20N2O6S/c1-16(22-2)23(20,21)12-7-5-6-11(10-12)14(19)15-9-4-3-8-13(17)18/h5-7,10H,3-4,8-9H2,1-2H3,(H,15,19)(H,17,18). The number of unbranched alkanes of at least 4 members (excludes halogenated alkanes) is 1. The van der Waals surface area contributed by atoms with Gasteiger partial charge in [0.05, 0.1) is 12.0 Å². The number of carboxylic acid groups (broad SMARTS) is 1. The fourth-order valence-corrected chi connectivity index (χ4v) is 2.77. The Hall–Kier alpha value is -1.97. The van der Waals surface area contributed by atoms with Crippen molar-refractivity contribution in [1.82, 2.24) is 9.79 Å². The smallest absolute Gasteiger partial charge is 0.303 e. The van der Waals surface area contributed by atoms with E-state index in [4.69, 9.17) is 5.11 Å². The summed E-state index contributed by atoms with van der Waals surface area (Å²) in [6.07, 6.45) is 1.04. The first-order valence-corrected chi connectivity index (χ1v) is 8.36. The van der Waals surface area contributed by atoms with Crippen molar-refractivity contribution in [3.05, 3.63) is 29.8 Å². The Labute approximate surface area is 135 Å². The van der Waals surface area contributed by atoms with Crippen LogP contribution in [-0.4, -0.2) is 50.6 Å². The van der Waals surface area contributed by atoms with Crippen LogP contribution in [0, 0.1) is 0 Å². The van der Waals surface area contributed by atoms with Crippen LogP contribution >= 0.6 is 0 Å². The maximum atomic E-state index is 12.1. The number of hydrogen-bond acceptors (Lipinski definition) is 5. The van der Waals surface area contributed by atoms with Gasteiger partial charge in [0.25, 0.3) is 15.9 Å². The van der Waals surface area contributed by atoms with Gasteiger partial charge in [-0.3, -0.25) is 14.4 Å². The molecule has 0 aliphatic carbocycles. The molecule has 0 unspecified atom stereocenters. The molecule has 0 aliphatic heterocycles. The topological polar surface area (TPSA) is 113 Å². The van der Waals surface area contributed by atoms with Crippen LogP contribution in [-0.2, 0) is 19.7 Å². The van der Waals surface area contributed by atoms with Crippen LogP contribution in [0.4, 0.5) is 0 Å². The summed E-state index contributed by atoms with van der Waals surface area (Å²) in [6.45, 7) is 0.321. The van der Waals surface area contributed by atoms with E-state index in [-0.39, 0.29) is 16.9 Å². The van der Waals surface area contributed by atoms with Gasteiger partial charge in [0.15, 0.2) is 0 Å². The summed E-state index contributed by atoms with van der Waals surface area (Å²) in [7, 11) is -1.34. The average Bonchev–Trinajstić information content (AvgIpc) is 2.53. The number of aliphatic carboxylic acids is 1. The van der Waals surface area contributed by atoms with Crippen molar-refractivity contribution < 1.29 is 28.0 Å². The minimum Gasteiger partial charge on any atom is -0.481 e. The predicted molar refractivity (Wildman–Crippen MR) is 82.2 cm³/mol. The summed E-state index contributed by atoms with van der Waals surface area (Å²) in [5.41, 5.74) is 0.203. The van der Waals surface area contributed by atoms with Gasteiger partial charge >= 0.3 is 5.97 Å². The third-order valence-electron chi connectivity index (χ3n) is 3.09. The zero-order chi connectivity index (χ0) is 17.5. The maximum absolute atomic E-state index is 12.1. The molecule has 0 heterocycles. The molecule has 0 saturated heterocycles. The highest BCUT2D eigenvalue weighted by atomic mass is 32.2. The number of benzene rings is 1. The number of amides is 1. The van der Waals surface area contributed by atoms with E-state index in [2.05, 4.69) is 10.2 Å². The van der Waals surface area contributed by atoms with Crippen molar-refractivity contribution in [3.8, 4) is 0 Å². The van der Waals surface area contributed by atoms with Crippen LogP contribution in [0.1, 0.15) is 29.6 Å². The molecule has 23 heavy (non-hydrogen) atoms. The summed E-state index contributed by atoms with van der Waals surface area (Å²) < 4.78 is 24.9. The molecule has 8 nitrogen and oxygen atoms in total. The molecule has 0 fully saturated rings. The normalized spacial score (nSPS) is 11.4. The van der Waals surface area contributed by atoms with Crippen LogP contribution in [0.25, 0.3) is 0 Å². The molecule has 0 spiro atoms. The van der Waals surface area contributed by atoms with Crippen molar-refractivity contribution >= 4 is 21.9 Å². The van der Waals surface area contributed by atoms with Gasteiger partial charge < -0.3 is 10.4 Å². The monoisotopic (exact) mass is 344 g/mol. The number of nitrogens with one attached hydrogen (secondary N) is 1. The fourth-order valence-electron chi connectivity index (χ4n) is 1.75. The largest absolute Gasteiger partial charge is 0.481 e. The van der Waals surface area contributed by atoms with Gasteiger partial charge in [0, 0.05) is 25.6 Å². The third-order valence-corrected chi connectivity index (χ3v) is 4.77. The van der Waals surface area contributed by atoms with E-state index in [0.29, 0.717) is 23.9 Å². The lowest BCUT2D eigenvalue weighted by Gasteiger charge is -2.14. The molecule has 0 atom stereocenters. The number of hydroxylamine groups is 1. The molecule has 0 aliphatic rings. The Bertz CT molecular complexity index is 659. The molecule has 0 radical (unpaired) electrons. The first-order chi connectivity index (χ1) is 10.8. The summed E-state index contributed by atoms with van der Waals surface area (Å²) in [5.74, 6) is -1.30. The fraction of sp³-hybridized carbons (Fsp3) is 0.429. The van der Waals surface area contributed by atoms with E-state index in [1.54, 1.807) is 0 Å². The first-order valence-electron chi connectivity index (χ1n) is 6.92. The molecule has 1 rings (SSSR count). The summed E-state index contributed by atoms with van der Waals surface area (Å²) >= 11 is 0. The Morgan fingerprint density at radius 3 is 2.61 bits per heavy atom. The highest BCUT2D eigenvalue weighted by Gasteiger charge is 2.21. The van der Waals surface area contributed by atoms with Gasteiger partial charge in [0.2, 0.25) is 0 Å². The van der Waals surface area contributed by atoms with Crippen molar-refractivity contribution in [3.63, 3.8) is 0 Å². The second-order valence-corrected chi connectivity index (χ2v) is 6.67. The molecule has 2 N–H and O–H groups in total. The quantitative estimate of drug-likeness (QED) is 0.507. The summed E-state index contributed by atoms with van der Waals surface area (Å²) in [4.78, 5) is 27.0. The molecule has 1 aromatic rings. The zero-order valence-electron chi connectivity index (χ0n) is 13.0. The van der Waals surface area contributed by atoms with Gasteiger partial charge in [0.1, 0.15) is 0 Å². The van der Waals surface area contributed by atoms with Crippen molar-refractivity contribution in [2.45, 2.75) is 24.2 Å². The molecule has 1 aromatic carbocycles. The zero-order valence-corrected chi connectivity index (χ0v) is 13.8. The van der Waals surface area contributed by atoms with Crippen LogP contribution in [0.2, 0.25) is 0 Å². The molecule has 0 aromatic heterocycles. The molecule has 0 saturated carbocycles. The highest BCUT2D eigenvalue weighted by Crippen LogP contribution is 2.16.